The molecule has 2 unspecified atom stereocenters. The summed E-state index contributed by atoms with van der Waals surface area (Å²) in [5.74, 6) is -1.11. The van der Waals surface area contributed by atoms with Gasteiger partial charge >= 0.3 is 5.97 Å². The van der Waals surface area contributed by atoms with Crippen LogP contribution in [-0.4, -0.2) is 35.9 Å². The van der Waals surface area contributed by atoms with Gasteiger partial charge in [0.05, 0.1) is 13.0 Å². The number of amides is 1. The van der Waals surface area contributed by atoms with Gasteiger partial charge in [-0.05, 0) is 37.1 Å². The van der Waals surface area contributed by atoms with Gasteiger partial charge in [-0.1, -0.05) is 25.7 Å². The van der Waals surface area contributed by atoms with Gasteiger partial charge in [-0.2, -0.15) is 0 Å². The van der Waals surface area contributed by atoms with Gasteiger partial charge < -0.3 is 15.2 Å². The third kappa shape index (κ3) is 5.86. The van der Waals surface area contributed by atoms with E-state index in [0.29, 0.717) is 24.2 Å². The number of carboxylic acids is 1. The van der Waals surface area contributed by atoms with E-state index in [-0.39, 0.29) is 30.6 Å². The zero-order valence-corrected chi connectivity index (χ0v) is 15.2. The monoisotopic (exact) mass is 361 g/mol. The summed E-state index contributed by atoms with van der Waals surface area (Å²) < 4.78 is 5.06. The maximum atomic E-state index is 12.2. The van der Waals surface area contributed by atoms with Crippen molar-refractivity contribution in [3.05, 3.63) is 29.8 Å². The van der Waals surface area contributed by atoms with Crippen LogP contribution in [0.25, 0.3) is 0 Å². The molecule has 0 radical (unpaired) electrons. The Bertz CT molecular complexity index is 626. The number of hydrogen-bond donors (Lipinski definition) is 2. The molecular formula is C20H27NO5. The summed E-state index contributed by atoms with van der Waals surface area (Å²) in [5, 5.41) is 12.3. The summed E-state index contributed by atoms with van der Waals surface area (Å²) >= 11 is 0. The molecule has 142 valence electrons. The number of nitrogens with one attached hydrogen (secondary N) is 1. The minimum absolute atomic E-state index is 0.0632. The van der Waals surface area contributed by atoms with E-state index in [1.54, 1.807) is 31.4 Å². The van der Waals surface area contributed by atoms with Gasteiger partial charge in [0.25, 0.3) is 0 Å². The number of benzene rings is 1. The fraction of sp³-hybridized carbons (Fsp3) is 0.550. The molecule has 1 aliphatic carbocycles. The minimum Gasteiger partial charge on any atom is -0.497 e. The molecule has 0 aromatic heterocycles. The van der Waals surface area contributed by atoms with Crippen molar-refractivity contribution >= 4 is 17.7 Å². The predicted octanol–water partition coefficient (Wildman–Crippen LogP) is 3.20. The number of aliphatic carboxylic acids is 1. The molecule has 0 heterocycles. The molecule has 1 aliphatic rings. The van der Waals surface area contributed by atoms with E-state index in [4.69, 9.17) is 4.74 Å². The van der Waals surface area contributed by atoms with Crippen molar-refractivity contribution in [1.82, 2.24) is 5.32 Å². The van der Waals surface area contributed by atoms with E-state index >= 15 is 0 Å². The summed E-state index contributed by atoms with van der Waals surface area (Å²) in [6, 6.07) is 6.41. The van der Waals surface area contributed by atoms with Crippen molar-refractivity contribution < 1.29 is 24.2 Å². The lowest BCUT2D eigenvalue weighted by atomic mass is 9.86. The number of carbonyl (C=O) groups is 3. The van der Waals surface area contributed by atoms with Gasteiger partial charge in [0.2, 0.25) is 5.91 Å². The first-order chi connectivity index (χ1) is 12.5. The van der Waals surface area contributed by atoms with Crippen molar-refractivity contribution in [3.63, 3.8) is 0 Å². The quantitative estimate of drug-likeness (QED) is 0.728. The van der Waals surface area contributed by atoms with E-state index in [9.17, 15) is 19.5 Å². The van der Waals surface area contributed by atoms with Gasteiger partial charge in [-0.25, -0.2) is 0 Å². The average Bonchev–Trinajstić information content (AvgIpc) is 2.61. The Morgan fingerprint density at radius 3 is 2.31 bits per heavy atom. The molecule has 1 fully saturated rings. The lowest BCUT2D eigenvalue weighted by Crippen LogP contribution is -2.44. The maximum absolute atomic E-state index is 12.2. The number of Topliss-reactive ketones (excluding diaryl/α,β-unsaturated/α-hetero) is 1. The molecule has 6 heteroatoms. The molecule has 26 heavy (non-hydrogen) atoms. The van der Waals surface area contributed by atoms with Crippen LogP contribution in [-0.2, 0) is 9.59 Å². The molecule has 1 aromatic carbocycles. The van der Waals surface area contributed by atoms with E-state index in [1.165, 1.54) is 0 Å². The molecule has 1 saturated carbocycles. The standard InChI is InChI=1S/C20H27NO5/c1-26-15-10-8-14(9-11-15)18(22)12-13-19(23)21-17-7-5-3-2-4-6-16(17)20(24)25/h8-11,16-17H,2-7,12-13H2,1H3,(H,21,23)(H,24,25). The van der Waals surface area contributed by atoms with Gasteiger partial charge in [0.15, 0.2) is 5.78 Å². The molecule has 0 bridgehead atoms. The summed E-state index contributed by atoms with van der Waals surface area (Å²) in [7, 11) is 1.56. The SMILES string of the molecule is COc1ccc(C(=O)CCC(=O)NC2CCCCCCC2C(=O)O)cc1. The fourth-order valence-corrected chi connectivity index (χ4v) is 3.38. The van der Waals surface area contributed by atoms with Crippen molar-refractivity contribution in [2.45, 2.75) is 57.4 Å². The third-order valence-electron chi connectivity index (χ3n) is 4.92. The van der Waals surface area contributed by atoms with Crippen LogP contribution in [0.2, 0.25) is 0 Å². The molecule has 0 spiro atoms. The molecule has 2 atom stereocenters. The number of ketones is 1. The molecular weight excluding hydrogens is 334 g/mol. The van der Waals surface area contributed by atoms with Gasteiger partial charge in [0.1, 0.15) is 5.75 Å². The van der Waals surface area contributed by atoms with Crippen LogP contribution in [0.5, 0.6) is 5.75 Å². The minimum atomic E-state index is -0.855. The molecule has 1 amide bonds. The molecule has 0 saturated heterocycles. The zero-order valence-electron chi connectivity index (χ0n) is 15.2. The summed E-state index contributed by atoms with van der Waals surface area (Å²) in [6.45, 7) is 0. The highest BCUT2D eigenvalue weighted by Crippen LogP contribution is 2.23. The van der Waals surface area contributed by atoms with Crippen molar-refractivity contribution in [3.8, 4) is 5.75 Å². The maximum Gasteiger partial charge on any atom is 0.308 e. The largest absolute Gasteiger partial charge is 0.497 e. The molecule has 1 aromatic rings. The number of ether oxygens (including phenoxy) is 1. The smallest absolute Gasteiger partial charge is 0.308 e. The van der Waals surface area contributed by atoms with Crippen molar-refractivity contribution in [2.24, 2.45) is 5.92 Å². The Kier molecular flexibility index (Phi) is 7.63. The molecule has 2 rings (SSSR count). The fourth-order valence-electron chi connectivity index (χ4n) is 3.38. The van der Waals surface area contributed by atoms with E-state index in [1.807, 2.05) is 0 Å². The average molecular weight is 361 g/mol. The van der Waals surface area contributed by atoms with Gasteiger partial charge in [-0.15, -0.1) is 0 Å². The second-order valence-corrected chi connectivity index (χ2v) is 6.76. The number of methoxy groups -OCH3 is 1. The number of carboxylic acid groups (broad SMARTS) is 1. The summed E-state index contributed by atoms with van der Waals surface area (Å²) in [6.07, 6.45) is 5.32. The third-order valence-corrected chi connectivity index (χ3v) is 4.92. The van der Waals surface area contributed by atoms with Crippen LogP contribution in [0.4, 0.5) is 0 Å². The first kappa shape index (κ1) is 19.9. The highest BCUT2D eigenvalue weighted by molar-refractivity contribution is 5.98. The lowest BCUT2D eigenvalue weighted by Gasteiger charge is -2.27. The van der Waals surface area contributed by atoms with Crippen LogP contribution in [0.1, 0.15) is 61.7 Å². The lowest BCUT2D eigenvalue weighted by molar-refractivity contribution is -0.143. The molecule has 2 N–H and O–H groups in total. The highest BCUT2D eigenvalue weighted by Gasteiger charge is 2.29. The summed E-state index contributed by atoms with van der Waals surface area (Å²) in [4.78, 5) is 35.9. The van der Waals surface area contributed by atoms with E-state index in [0.717, 1.165) is 25.7 Å². The summed E-state index contributed by atoms with van der Waals surface area (Å²) in [5.41, 5.74) is 0.535. The highest BCUT2D eigenvalue weighted by atomic mass is 16.5. The zero-order chi connectivity index (χ0) is 18.9. The Hall–Kier alpha value is -2.37. The number of rotatable bonds is 7. The normalized spacial score (nSPS) is 20.5. The van der Waals surface area contributed by atoms with Gasteiger partial charge in [0, 0.05) is 24.4 Å². The number of carbonyl (C=O) groups excluding carboxylic acids is 2. The van der Waals surface area contributed by atoms with E-state index in [2.05, 4.69) is 5.32 Å². The molecule has 6 nitrogen and oxygen atoms in total. The molecule has 0 aliphatic heterocycles. The van der Waals surface area contributed by atoms with Gasteiger partial charge in [-0.3, -0.25) is 14.4 Å². The van der Waals surface area contributed by atoms with Crippen molar-refractivity contribution in [1.29, 1.82) is 0 Å². The predicted molar refractivity (Wildman–Crippen MR) is 97.3 cm³/mol. The van der Waals surface area contributed by atoms with Crippen LogP contribution in [0.3, 0.4) is 0 Å². The topological polar surface area (TPSA) is 92.7 Å². The Labute approximate surface area is 153 Å². The number of hydrogen-bond acceptors (Lipinski definition) is 4. The second kappa shape index (κ2) is 9.94. The van der Waals surface area contributed by atoms with Crippen LogP contribution >= 0.6 is 0 Å². The van der Waals surface area contributed by atoms with Crippen LogP contribution in [0, 0.1) is 5.92 Å². The van der Waals surface area contributed by atoms with Crippen LogP contribution < -0.4 is 10.1 Å². The Morgan fingerprint density at radius 2 is 1.69 bits per heavy atom. The first-order valence-electron chi connectivity index (χ1n) is 9.20. The van der Waals surface area contributed by atoms with Crippen molar-refractivity contribution in [2.75, 3.05) is 7.11 Å². The van der Waals surface area contributed by atoms with E-state index < -0.39 is 11.9 Å². The first-order valence-corrected chi connectivity index (χ1v) is 9.20. The Balaban J connectivity index is 1.87. The second-order valence-electron chi connectivity index (χ2n) is 6.76. The Morgan fingerprint density at radius 1 is 1.04 bits per heavy atom. The van der Waals surface area contributed by atoms with Crippen LogP contribution in [0.15, 0.2) is 24.3 Å².